The van der Waals surface area contributed by atoms with Crippen molar-refractivity contribution in [3.05, 3.63) is 0 Å². The molecule has 0 bridgehead atoms. The van der Waals surface area contributed by atoms with Crippen LogP contribution in [0.3, 0.4) is 0 Å². The molecule has 1 aliphatic carbocycles. The molecule has 0 amide bonds. The molecule has 0 aromatic carbocycles. The van der Waals surface area contributed by atoms with Crippen molar-refractivity contribution in [1.82, 2.24) is 10.2 Å². The predicted molar refractivity (Wildman–Crippen MR) is 67.0 cm³/mol. The molecule has 0 aromatic heterocycles. The van der Waals surface area contributed by atoms with Crippen LogP contribution in [0.2, 0.25) is 0 Å². The second kappa shape index (κ2) is 6.28. The zero-order chi connectivity index (χ0) is 11.3. The minimum absolute atomic E-state index is 0.548. The Kier molecular flexibility index (Phi) is 5.32. The Hall–Kier alpha value is -0.350. The number of hydrogen-bond donors (Lipinski definition) is 1. The van der Waals surface area contributed by atoms with Gasteiger partial charge >= 0.3 is 0 Å². The maximum Gasteiger partial charge on any atom is 0.169 e. The van der Waals surface area contributed by atoms with Crippen molar-refractivity contribution in [3.8, 4) is 0 Å². The molecule has 0 heterocycles. The van der Waals surface area contributed by atoms with Gasteiger partial charge in [-0.2, -0.15) is 0 Å². The smallest absolute Gasteiger partial charge is 0.169 e. The molecule has 0 aliphatic heterocycles. The summed E-state index contributed by atoms with van der Waals surface area (Å²) in [6.45, 7) is 6.85. The zero-order valence-electron chi connectivity index (χ0n) is 9.95. The van der Waals surface area contributed by atoms with Gasteiger partial charge in [-0.15, -0.1) is 0 Å². The molecule has 4 heteroatoms. The van der Waals surface area contributed by atoms with E-state index in [0.29, 0.717) is 6.04 Å². The molecule has 0 radical (unpaired) electrons. The Balaban J connectivity index is 2.46. The van der Waals surface area contributed by atoms with Gasteiger partial charge in [0.1, 0.15) is 0 Å². The largest absolute Gasteiger partial charge is 0.383 e. The quantitative estimate of drug-likeness (QED) is 0.701. The van der Waals surface area contributed by atoms with Gasteiger partial charge in [-0.25, -0.2) is 0 Å². The lowest BCUT2D eigenvalue weighted by Gasteiger charge is -2.31. The van der Waals surface area contributed by atoms with Crippen molar-refractivity contribution in [2.24, 2.45) is 5.92 Å². The van der Waals surface area contributed by atoms with Crippen molar-refractivity contribution in [2.45, 2.75) is 32.7 Å². The Bertz CT molecular complexity index is 207. The van der Waals surface area contributed by atoms with Gasteiger partial charge in [0.2, 0.25) is 0 Å². The molecule has 15 heavy (non-hydrogen) atoms. The lowest BCUT2D eigenvalue weighted by atomic mass is 10.2. The topological polar surface area (TPSA) is 24.5 Å². The van der Waals surface area contributed by atoms with Gasteiger partial charge in [-0.1, -0.05) is 0 Å². The predicted octanol–water partition coefficient (Wildman–Crippen LogP) is 1.63. The number of thiocarbonyl (C=S) groups is 1. The molecule has 3 nitrogen and oxygen atoms in total. The van der Waals surface area contributed by atoms with Crippen molar-refractivity contribution in [3.63, 3.8) is 0 Å². The summed E-state index contributed by atoms with van der Waals surface area (Å²) >= 11 is 5.37. The standard InChI is InChI=1S/C11H22N2OS/c1-4-12-11(15)13(7-8-14-3)9(2)10-5-6-10/h9-10H,4-8H2,1-3H3,(H,12,15). The normalized spacial score (nSPS) is 17.3. The van der Waals surface area contributed by atoms with Gasteiger partial charge in [0.25, 0.3) is 0 Å². The molecular weight excluding hydrogens is 208 g/mol. The van der Waals surface area contributed by atoms with Crippen LogP contribution in [-0.2, 0) is 4.74 Å². The number of rotatable bonds is 6. The van der Waals surface area contributed by atoms with E-state index < -0.39 is 0 Å². The third kappa shape index (κ3) is 3.95. The SMILES string of the molecule is CCNC(=S)N(CCOC)C(C)C1CC1. The summed E-state index contributed by atoms with van der Waals surface area (Å²) in [5.74, 6) is 0.832. The first kappa shape index (κ1) is 12.7. The molecule has 88 valence electrons. The molecule has 1 aliphatic rings. The fourth-order valence-corrected chi connectivity index (χ4v) is 2.17. The molecule has 1 fully saturated rings. The summed E-state index contributed by atoms with van der Waals surface area (Å²) in [5.41, 5.74) is 0. The fourth-order valence-electron chi connectivity index (χ4n) is 1.77. The molecule has 0 spiro atoms. The Morgan fingerprint density at radius 2 is 2.27 bits per heavy atom. The molecule has 1 unspecified atom stereocenters. The minimum atomic E-state index is 0.548. The van der Waals surface area contributed by atoms with Gasteiger partial charge in [-0.05, 0) is 44.8 Å². The molecular formula is C11H22N2OS. The van der Waals surface area contributed by atoms with Crippen LogP contribution >= 0.6 is 12.2 Å². The van der Waals surface area contributed by atoms with E-state index in [1.165, 1.54) is 12.8 Å². The van der Waals surface area contributed by atoms with Crippen LogP contribution in [0.5, 0.6) is 0 Å². The van der Waals surface area contributed by atoms with Crippen LogP contribution in [-0.4, -0.2) is 42.9 Å². The van der Waals surface area contributed by atoms with Gasteiger partial charge in [-0.3, -0.25) is 0 Å². The highest BCUT2D eigenvalue weighted by molar-refractivity contribution is 7.80. The van der Waals surface area contributed by atoms with Crippen LogP contribution in [0.25, 0.3) is 0 Å². The number of methoxy groups -OCH3 is 1. The third-order valence-corrected chi connectivity index (χ3v) is 3.30. The van der Waals surface area contributed by atoms with Crippen LogP contribution in [0.1, 0.15) is 26.7 Å². The summed E-state index contributed by atoms with van der Waals surface area (Å²) in [5, 5.41) is 4.09. The van der Waals surface area contributed by atoms with E-state index in [9.17, 15) is 0 Å². The van der Waals surface area contributed by atoms with E-state index in [-0.39, 0.29) is 0 Å². The highest BCUT2D eigenvalue weighted by Gasteiger charge is 2.32. The number of nitrogens with one attached hydrogen (secondary N) is 1. The highest BCUT2D eigenvalue weighted by Crippen LogP contribution is 2.35. The monoisotopic (exact) mass is 230 g/mol. The van der Waals surface area contributed by atoms with Gasteiger partial charge in [0.15, 0.2) is 5.11 Å². The Morgan fingerprint density at radius 3 is 2.73 bits per heavy atom. The second-order valence-electron chi connectivity index (χ2n) is 4.10. The van der Waals surface area contributed by atoms with Crippen LogP contribution in [0.4, 0.5) is 0 Å². The first-order valence-electron chi connectivity index (χ1n) is 5.74. The number of ether oxygens (including phenoxy) is 1. The third-order valence-electron chi connectivity index (χ3n) is 2.92. The van der Waals surface area contributed by atoms with Crippen molar-refractivity contribution >= 4 is 17.3 Å². The van der Waals surface area contributed by atoms with E-state index in [1.54, 1.807) is 7.11 Å². The number of nitrogens with zero attached hydrogens (tertiary/aromatic N) is 1. The van der Waals surface area contributed by atoms with Crippen LogP contribution < -0.4 is 5.32 Å². The van der Waals surface area contributed by atoms with Crippen molar-refractivity contribution < 1.29 is 4.74 Å². The van der Waals surface area contributed by atoms with Crippen LogP contribution in [0, 0.1) is 5.92 Å². The van der Waals surface area contributed by atoms with Gasteiger partial charge in [0.05, 0.1) is 6.61 Å². The van der Waals surface area contributed by atoms with Crippen molar-refractivity contribution in [2.75, 3.05) is 26.8 Å². The molecule has 1 saturated carbocycles. The van der Waals surface area contributed by atoms with E-state index in [1.807, 2.05) is 0 Å². The fraction of sp³-hybridized carbons (Fsp3) is 0.909. The molecule has 0 saturated heterocycles. The highest BCUT2D eigenvalue weighted by atomic mass is 32.1. The summed E-state index contributed by atoms with van der Waals surface area (Å²) in [4.78, 5) is 2.26. The lowest BCUT2D eigenvalue weighted by Crippen LogP contribution is -2.47. The average molecular weight is 230 g/mol. The molecule has 1 rings (SSSR count). The first-order chi connectivity index (χ1) is 7.20. The maximum atomic E-state index is 5.37. The Labute approximate surface area is 98.2 Å². The van der Waals surface area contributed by atoms with Crippen molar-refractivity contribution in [1.29, 1.82) is 0 Å². The molecule has 1 atom stereocenters. The van der Waals surface area contributed by atoms with Gasteiger partial charge < -0.3 is 15.0 Å². The van der Waals surface area contributed by atoms with E-state index in [0.717, 1.165) is 30.7 Å². The second-order valence-corrected chi connectivity index (χ2v) is 4.49. The first-order valence-corrected chi connectivity index (χ1v) is 6.15. The van der Waals surface area contributed by atoms with E-state index in [2.05, 4.69) is 24.1 Å². The summed E-state index contributed by atoms with van der Waals surface area (Å²) in [6.07, 6.45) is 2.69. The zero-order valence-corrected chi connectivity index (χ0v) is 10.8. The van der Waals surface area contributed by atoms with E-state index in [4.69, 9.17) is 17.0 Å². The Morgan fingerprint density at radius 1 is 1.60 bits per heavy atom. The maximum absolute atomic E-state index is 5.37. The number of hydrogen-bond acceptors (Lipinski definition) is 2. The molecule has 1 N–H and O–H groups in total. The van der Waals surface area contributed by atoms with Crippen LogP contribution in [0.15, 0.2) is 0 Å². The summed E-state index contributed by atoms with van der Waals surface area (Å²) < 4.78 is 5.12. The summed E-state index contributed by atoms with van der Waals surface area (Å²) in [7, 11) is 1.73. The van der Waals surface area contributed by atoms with E-state index >= 15 is 0 Å². The lowest BCUT2D eigenvalue weighted by molar-refractivity contribution is 0.159. The molecule has 0 aromatic rings. The summed E-state index contributed by atoms with van der Waals surface area (Å²) in [6, 6.07) is 0.548. The minimum Gasteiger partial charge on any atom is -0.383 e. The average Bonchev–Trinajstić information content (AvgIpc) is 3.01. The van der Waals surface area contributed by atoms with Gasteiger partial charge in [0, 0.05) is 26.2 Å².